The molecule has 2 aromatic carbocycles. The highest BCUT2D eigenvalue weighted by atomic mass is 16.3. The molecule has 2 aromatic heterocycles. The first kappa shape index (κ1) is 29.5. The maximum absolute atomic E-state index is 5.40. The van der Waals surface area contributed by atoms with Gasteiger partial charge in [0.2, 0.25) is 11.9 Å². The molecule has 1 saturated heterocycles. The summed E-state index contributed by atoms with van der Waals surface area (Å²) >= 11 is 0. The van der Waals surface area contributed by atoms with E-state index >= 15 is 0 Å². The molecule has 10 nitrogen and oxygen atoms in total. The van der Waals surface area contributed by atoms with Crippen molar-refractivity contribution >= 4 is 58.1 Å². The molecule has 0 spiro atoms. The fourth-order valence-corrected chi connectivity index (χ4v) is 7.50. The zero-order valence-corrected chi connectivity index (χ0v) is 27.3. The molecule has 49 heavy (non-hydrogen) atoms. The highest BCUT2D eigenvalue weighted by Gasteiger charge is 2.32. The van der Waals surface area contributed by atoms with Crippen molar-refractivity contribution in [3.8, 4) is 0 Å². The lowest BCUT2D eigenvalue weighted by Crippen LogP contribution is -2.40. The quantitative estimate of drug-likeness (QED) is 0.197. The van der Waals surface area contributed by atoms with Crippen molar-refractivity contribution in [2.75, 3.05) is 28.6 Å². The van der Waals surface area contributed by atoms with Gasteiger partial charge in [-0.3, -0.25) is 0 Å². The van der Waals surface area contributed by atoms with Crippen molar-refractivity contribution in [2.45, 2.75) is 57.3 Å². The second-order valence-electron chi connectivity index (χ2n) is 13.2. The Balaban J connectivity index is 1.12. The van der Waals surface area contributed by atoms with E-state index < -0.39 is 0 Å². The largest absolute Gasteiger partial charge is 0.470 e. The number of benzene rings is 2. The molecule has 0 unspecified atom stereocenters. The van der Waals surface area contributed by atoms with E-state index in [1.54, 1.807) is 31.4 Å². The zero-order valence-electron chi connectivity index (χ0n) is 27.3. The van der Waals surface area contributed by atoms with Gasteiger partial charge in [-0.25, -0.2) is 24.9 Å². The van der Waals surface area contributed by atoms with Gasteiger partial charge in [-0.2, -0.15) is 0 Å². The molecule has 4 aromatic rings. The third-order valence-corrected chi connectivity index (χ3v) is 10.0. The number of allylic oxidation sites excluding steroid dienone is 2. The Hall–Kier alpha value is -5.64. The van der Waals surface area contributed by atoms with Gasteiger partial charge in [0.15, 0.2) is 0 Å². The second kappa shape index (κ2) is 12.8. The van der Waals surface area contributed by atoms with Gasteiger partial charge in [-0.05, 0) is 92.1 Å². The summed E-state index contributed by atoms with van der Waals surface area (Å²) in [6.45, 7) is 2.13. The van der Waals surface area contributed by atoms with Crippen LogP contribution in [0.1, 0.15) is 74.0 Å². The average molecular weight is 651 g/mol. The normalized spacial score (nSPS) is 19.0. The number of aliphatic imine (C=N–C) groups is 4. The van der Waals surface area contributed by atoms with E-state index in [2.05, 4.69) is 74.1 Å². The predicted octanol–water partition coefficient (Wildman–Crippen LogP) is 9.20. The van der Waals surface area contributed by atoms with Gasteiger partial charge in [0.25, 0.3) is 0 Å². The summed E-state index contributed by atoms with van der Waals surface area (Å²) in [6, 6.07) is 17.2. The highest BCUT2D eigenvalue weighted by molar-refractivity contribution is 6.24. The zero-order chi connectivity index (χ0) is 32.6. The number of nitrogens with one attached hydrogen (secondary N) is 2. The molecule has 4 aliphatic heterocycles. The summed E-state index contributed by atoms with van der Waals surface area (Å²) in [7, 11) is 0. The van der Waals surface area contributed by atoms with Crippen LogP contribution in [0.5, 0.6) is 0 Å². The number of piperidine rings is 1. The Labute approximate surface area is 285 Å². The molecule has 1 aliphatic carbocycles. The average Bonchev–Trinajstić information content (AvgIpc) is 3.87. The second-order valence-corrected chi connectivity index (χ2v) is 13.2. The lowest BCUT2D eigenvalue weighted by atomic mass is 9.83. The Bertz CT molecular complexity index is 1940. The van der Waals surface area contributed by atoms with Crippen LogP contribution in [0.3, 0.4) is 0 Å². The lowest BCUT2D eigenvalue weighted by Gasteiger charge is -2.32. The number of furan rings is 2. The maximum atomic E-state index is 5.40. The highest BCUT2D eigenvalue weighted by Crippen LogP contribution is 2.39. The maximum Gasteiger partial charge on any atom is 0.239 e. The van der Waals surface area contributed by atoms with E-state index in [0.717, 1.165) is 64.1 Å². The van der Waals surface area contributed by atoms with Gasteiger partial charge in [0.1, 0.15) is 18.9 Å². The monoisotopic (exact) mass is 650 g/mol. The van der Waals surface area contributed by atoms with Crippen LogP contribution < -0.4 is 15.5 Å². The van der Waals surface area contributed by atoms with Gasteiger partial charge < -0.3 is 24.4 Å². The van der Waals surface area contributed by atoms with Crippen LogP contribution in [0.25, 0.3) is 5.70 Å². The van der Waals surface area contributed by atoms with Gasteiger partial charge in [0.05, 0.1) is 46.7 Å². The molecule has 1 saturated carbocycles. The Kier molecular flexibility index (Phi) is 7.68. The predicted molar refractivity (Wildman–Crippen MR) is 197 cm³/mol. The molecule has 10 heteroatoms. The van der Waals surface area contributed by atoms with Crippen molar-refractivity contribution in [1.29, 1.82) is 0 Å². The molecular weight excluding hydrogens is 612 g/mol. The first-order valence-electron chi connectivity index (χ1n) is 17.4. The number of rotatable bonds is 8. The summed E-state index contributed by atoms with van der Waals surface area (Å²) in [5.74, 6) is 1.65. The van der Waals surface area contributed by atoms with Crippen LogP contribution in [0, 0.1) is 0 Å². The van der Waals surface area contributed by atoms with E-state index in [9.17, 15) is 0 Å². The van der Waals surface area contributed by atoms with Crippen molar-refractivity contribution in [3.05, 3.63) is 108 Å². The molecule has 0 amide bonds. The summed E-state index contributed by atoms with van der Waals surface area (Å²) in [4.78, 5) is 23.6. The molecule has 246 valence electrons. The first-order chi connectivity index (χ1) is 24.2. The topological polar surface area (TPSA) is 106 Å². The summed E-state index contributed by atoms with van der Waals surface area (Å²) < 4.78 is 10.8. The first-order valence-corrected chi connectivity index (χ1v) is 17.4. The van der Waals surface area contributed by atoms with Crippen LogP contribution in [0.15, 0.2) is 120 Å². The van der Waals surface area contributed by atoms with Crippen LogP contribution in [0.4, 0.5) is 28.4 Å². The third kappa shape index (κ3) is 5.88. The van der Waals surface area contributed by atoms with Crippen LogP contribution in [0.2, 0.25) is 0 Å². The molecule has 6 heterocycles. The van der Waals surface area contributed by atoms with Crippen molar-refractivity contribution in [2.24, 2.45) is 20.0 Å². The van der Waals surface area contributed by atoms with Crippen molar-refractivity contribution < 1.29 is 8.83 Å². The molecule has 2 fully saturated rings. The number of hydrogen-bond donors (Lipinski definition) is 2. The molecule has 2 N–H and O–H groups in total. The Morgan fingerprint density at radius 1 is 0.694 bits per heavy atom. The Morgan fingerprint density at radius 3 is 2.18 bits per heavy atom. The minimum Gasteiger partial charge on any atom is -0.470 e. The van der Waals surface area contributed by atoms with E-state index in [-0.39, 0.29) is 0 Å². The summed E-state index contributed by atoms with van der Waals surface area (Å²) in [5.41, 5.74) is 10.8. The van der Waals surface area contributed by atoms with Gasteiger partial charge >= 0.3 is 0 Å². The molecule has 9 rings (SSSR count). The van der Waals surface area contributed by atoms with Crippen molar-refractivity contribution in [3.63, 3.8) is 0 Å². The minimum atomic E-state index is 0.537. The van der Waals surface area contributed by atoms with Crippen LogP contribution >= 0.6 is 0 Å². The van der Waals surface area contributed by atoms with E-state index in [0.29, 0.717) is 17.8 Å². The summed E-state index contributed by atoms with van der Waals surface area (Å²) in [6.07, 6.45) is 22.6. The molecule has 0 bridgehead atoms. The number of guanidine groups is 2. The van der Waals surface area contributed by atoms with Gasteiger partial charge in [0, 0.05) is 35.6 Å². The van der Waals surface area contributed by atoms with Gasteiger partial charge in [-0.1, -0.05) is 31.4 Å². The van der Waals surface area contributed by atoms with Gasteiger partial charge in [-0.15, -0.1) is 0 Å². The minimum absolute atomic E-state index is 0.537. The van der Waals surface area contributed by atoms with Crippen molar-refractivity contribution in [1.82, 2.24) is 4.90 Å². The fourth-order valence-electron chi connectivity index (χ4n) is 7.50. The molecule has 5 aliphatic rings. The lowest BCUT2D eigenvalue weighted by molar-refractivity contribution is 0.444. The van der Waals surface area contributed by atoms with E-state index in [1.165, 1.54) is 62.6 Å². The Morgan fingerprint density at radius 2 is 1.43 bits per heavy atom. The third-order valence-electron chi connectivity index (χ3n) is 10.0. The molecule has 0 radical (unpaired) electrons. The SMILES string of the molecule is C1=NC2=NC(c3ccc(N4CCCCC4)cc3Nc3ccoc3)=CC3=CC(c4ccc(C5CCCCC5)cc4Nc4ccoc4)=NC(=N1)N32. The number of nitrogens with zero attached hydrogens (tertiary/aromatic N) is 6. The molecule has 0 atom stereocenters. The molecular formula is C39H38N8O2. The van der Waals surface area contributed by atoms with Crippen LogP contribution in [-0.2, 0) is 0 Å². The standard InChI is InChI=1S/C39H38N8O2/c1-3-7-26(8-4-1)27-9-11-32(34(19-27)42-28-13-17-48-23-28)36-21-31-22-37(45-39-41-25-40-38(44-36)47(31)39)33-12-10-30(46-15-5-2-6-16-46)20-35(33)43-29-14-18-49-24-29/h9-14,17-26,42-43H,1-8,15-16H2. The smallest absolute Gasteiger partial charge is 0.239 e. The van der Waals surface area contributed by atoms with E-state index in [1.807, 2.05) is 17.0 Å². The van der Waals surface area contributed by atoms with E-state index in [4.69, 9.17) is 18.8 Å². The number of anilines is 5. The summed E-state index contributed by atoms with van der Waals surface area (Å²) in [5, 5.41) is 7.20. The van der Waals surface area contributed by atoms with Crippen LogP contribution in [-0.4, -0.2) is 42.0 Å². The fraction of sp³-hybridized carbons (Fsp3) is 0.282. The number of hydrogen-bond acceptors (Lipinski definition) is 10.